The summed E-state index contributed by atoms with van der Waals surface area (Å²) in [6.07, 6.45) is 6.17. The van der Waals surface area contributed by atoms with Gasteiger partial charge in [0.25, 0.3) is 0 Å². The highest BCUT2D eigenvalue weighted by molar-refractivity contribution is 7.92. The molecule has 0 unspecified atom stereocenters. The van der Waals surface area contributed by atoms with E-state index < -0.39 is 15.1 Å². The molecule has 0 aromatic heterocycles. The molecule has 1 aliphatic carbocycles. The number of amides is 1. The molecule has 2 atom stereocenters. The molecule has 2 heterocycles. The second-order valence-electron chi connectivity index (χ2n) is 9.13. The zero-order valence-corrected chi connectivity index (χ0v) is 19.1. The highest BCUT2D eigenvalue weighted by atomic mass is 32.2. The Morgan fingerprint density at radius 1 is 1.10 bits per heavy atom. The lowest BCUT2D eigenvalue weighted by atomic mass is 9.89. The van der Waals surface area contributed by atoms with Gasteiger partial charge in [0.1, 0.15) is 0 Å². The summed E-state index contributed by atoms with van der Waals surface area (Å²) in [4.78, 5) is 17.8. The van der Waals surface area contributed by atoms with E-state index in [-0.39, 0.29) is 11.8 Å². The van der Waals surface area contributed by atoms with E-state index in [4.69, 9.17) is 10.5 Å². The maximum absolute atomic E-state index is 13.6. The average Bonchev–Trinajstić information content (AvgIpc) is 2.84. The van der Waals surface area contributed by atoms with E-state index >= 15 is 0 Å². The van der Waals surface area contributed by atoms with Crippen molar-refractivity contribution in [2.75, 3.05) is 39.4 Å². The van der Waals surface area contributed by atoms with Crippen molar-refractivity contribution in [3.63, 3.8) is 0 Å². The molecule has 1 saturated carbocycles. The van der Waals surface area contributed by atoms with Gasteiger partial charge in [-0.05, 0) is 37.0 Å². The van der Waals surface area contributed by atoms with Crippen LogP contribution in [-0.4, -0.2) is 74.8 Å². The number of nitrogens with zero attached hydrogens (tertiary/aromatic N) is 2. The fraction of sp³-hybridized carbons (Fsp3) is 0.696. The van der Waals surface area contributed by atoms with Gasteiger partial charge in [0.05, 0.1) is 29.3 Å². The molecule has 2 saturated heterocycles. The molecule has 1 aromatic rings. The Hall–Kier alpha value is -1.48. The van der Waals surface area contributed by atoms with Crippen LogP contribution >= 0.6 is 0 Å². The molecular weight excluding hydrogens is 414 g/mol. The number of hydrogen-bond acceptors (Lipinski definition) is 6. The molecule has 8 heteroatoms. The molecular formula is C23H35N3O4S. The van der Waals surface area contributed by atoms with Gasteiger partial charge >= 0.3 is 0 Å². The summed E-state index contributed by atoms with van der Waals surface area (Å²) in [7, 11) is -3.56. The Morgan fingerprint density at radius 2 is 1.84 bits per heavy atom. The molecule has 2 N–H and O–H groups in total. The Kier molecular flexibility index (Phi) is 7.31. The number of piperidine rings is 1. The number of hydrogen-bond donors (Lipinski definition) is 1. The molecule has 1 amide bonds. The van der Waals surface area contributed by atoms with Crippen LogP contribution in [0.4, 0.5) is 0 Å². The molecule has 0 spiro atoms. The SMILES string of the molecule is NCc1cccc(S(=O)(=O)[C@@H]2C[C@H](C(=O)N3CCOCC3)CN(C3CCCCC3)C2)c1. The Bertz CT molecular complexity index is 863. The van der Waals surface area contributed by atoms with Crippen LogP contribution in [0.3, 0.4) is 0 Å². The quantitative estimate of drug-likeness (QED) is 0.737. The third kappa shape index (κ3) is 5.13. The minimum Gasteiger partial charge on any atom is -0.378 e. The van der Waals surface area contributed by atoms with Crippen LogP contribution < -0.4 is 5.73 Å². The van der Waals surface area contributed by atoms with Crippen molar-refractivity contribution in [2.45, 2.75) is 61.3 Å². The minimum absolute atomic E-state index is 0.0831. The molecule has 4 rings (SSSR count). The monoisotopic (exact) mass is 449 g/mol. The van der Waals surface area contributed by atoms with Crippen molar-refractivity contribution in [3.8, 4) is 0 Å². The van der Waals surface area contributed by atoms with Crippen molar-refractivity contribution >= 4 is 15.7 Å². The highest BCUT2D eigenvalue weighted by Gasteiger charge is 2.42. The van der Waals surface area contributed by atoms with Gasteiger partial charge in [-0.2, -0.15) is 0 Å². The number of sulfone groups is 1. The molecule has 7 nitrogen and oxygen atoms in total. The van der Waals surface area contributed by atoms with Gasteiger partial charge in [-0.25, -0.2) is 8.42 Å². The summed E-state index contributed by atoms with van der Waals surface area (Å²) in [5.74, 6) is -0.203. The number of carbonyl (C=O) groups is 1. The van der Waals surface area contributed by atoms with Crippen molar-refractivity contribution in [3.05, 3.63) is 29.8 Å². The van der Waals surface area contributed by atoms with Gasteiger partial charge in [-0.15, -0.1) is 0 Å². The number of ether oxygens (including phenoxy) is 1. The predicted molar refractivity (Wildman–Crippen MR) is 119 cm³/mol. The first-order valence-electron chi connectivity index (χ1n) is 11.6. The number of likely N-dealkylation sites (tertiary alicyclic amines) is 1. The predicted octanol–water partition coefficient (Wildman–Crippen LogP) is 1.80. The van der Waals surface area contributed by atoms with Crippen LogP contribution in [0.1, 0.15) is 44.1 Å². The summed E-state index contributed by atoms with van der Waals surface area (Å²) in [5.41, 5.74) is 6.55. The number of benzene rings is 1. The summed E-state index contributed by atoms with van der Waals surface area (Å²) in [6, 6.07) is 7.33. The molecule has 3 aliphatic rings. The van der Waals surface area contributed by atoms with Crippen LogP contribution in [0.25, 0.3) is 0 Å². The third-order valence-electron chi connectivity index (χ3n) is 7.11. The van der Waals surface area contributed by atoms with Crippen molar-refractivity contribution in [1.29, 1.82) is 0 Å². The van der Waals surface area contributed by atoms with Crippen LogP contribution in [0.15, 0.2) is 29.2 Å². The van der Waals surface area contributed by atoms with Crippen LogP contribution in [0.5, 0.6) is 0 Å². The van der Waals surface area contributed by atoms with E-state index in [1.165, 1.54) is 19.3 Å². The second kappa shape index (κ2) is 9.98. The normalized spacial score (nSPS) is 26.7. The topological polar surface area (TPSA) is 92.9 Å². The van der Waals surface area contributed by atoms with Gasteiger partial charge < -0.3 is 15.4 Å². The lowest BCUT2D eigenvalue weighted by Crippen LogP contribution is -2.55. The molecule has 0 bridgehead atoms. The molecule has 172 valence electrons. The summed E-state index contributed by atoms with van der Waals surface area (Å²) < 4.78 is 32.6. The molecule has 0 radical (unpaired) electrons. The van der Waals surface area contributed by atoms with Crippen molar-refractivity contribution in [1.82, 2.24) is 9.80 Å². The number of carbonyl (C=O) groups excluding carboxylic acids is 1. The van der Waals surface area contributed by atoms with Crippen LogP contribution in [0.2, 0.25) is 0 Å². The molecule has 1 aromatic carbocycles. The smallest absolute Gasteiger partial charge is 0.227 e. The zero-order chi connectivity index (χ0) is 21.8. The fourth-order valence-corrected chi connectivity index (χ4v) is 7.16. The highest BCUT2D eigenvalue weighted by Crippen LogP contribution is 2.33. The van der Waals surface area contributed by atoms with E-state index in [0.717, 1.165) is 18.4 Å². The lowest BCUT2D eigenvalue weighted by molar-refractivity contribution is -0.141. The van der Waals surface area contributed by atoms with Crippen LogP contribution in [-0.2, 0) is 25.9 Å². The second-order valence-corrected chi connectivity index (χ2v) is 11.4. The van der Waals surface area contributed by atoms with E-state index in [1.54, 1.807) is 18.2 Å². The minimum atomic E-state index is -3.56. The van der Waals surface area contributed by atoms with Crippen molar-refractivity contribution < 1.29 is 17.9 Å². The fourth-order valence-electron chi connectivity index (χ4n) is 5.32. The van der Waals surface area contributed by atoms with Gasteiger partial charge in [0.2, 0.25) is 5.91 Å². The van der Waals surface area contributed by atoms with E-state index in [0.29, 0.717) is 63.3 Å². The van der Waals surface area contributed by atoms with E-state index in [1.807, 2.05) is 11.0 Å². The van der Waals surface area contributed by atoms with Gasteiger partial charge in [0, 0.05) is 38.8 Å². The maximum Gasteiger partial charge on any atom is 0.227 e. The first kappa shape index (κ1) is 22.7. The van der Waals surface area contributed by atoms with Crippen molar-refractivity contribution in [2.24, 2.45) is 11.7 Å². The maximum atomic E-state index is 13.6. The summed E-state index contributed by atoms with van der Waals surface area (Å²) in [5, 5.41) is -0.578. The zero-order valence-electron chi connectivity index (χ0n) is 18.2. The van der Waals surface area contributed by atoms with Gasteiger partial charge in [0.15, 0.2) is 9.84 Å². The number of nitrogens with two attached hydrogens (primary N) is 1. The first-order valence-corrected chi connectivity index (χ1v) is 13.2. The molecule has 31 heavy (non-hydrogen) atoms. The summed E-state index contributed by atoms with van der Waals surface area (Å²) >= 11 is 0. The van der Waals surface area contributed by atoms with E-state index in [9.17, 15) is 13.2 Å². The standard InChI is InChI=1S/C23H35N3O4S/c24-15-18-5-4-8-21(13-18)31(28,29)22-14-19(23(27)25-9-11-30-12-10-25)16-26(17-22)20-6-2-1-3-7-20/h4-5,8,13,19-20,22H,1-3,6-7,9-12,14-17,24H2/t19-,22+/m0/s1. The Labute approximate surface area is 185 Å². The number of morpholine rings is 1. The Balaban J connectivity index is 1.59. The van der Waals surface area contributed by atoms with E-state index in [2.05, 4.69) is 4.90 Å². The lowest BCUT2D eigenvalue weighted by Gasteiger charge is -2.43. The Morgan fingerprint density at radius 3 is 2.55 bits per heavy atom. The number of rotatable bonds is 5. The molecule has 2 aliphatic heterocycles. The third-order valence-corrected chi connectivity index (χ3v) is 9.24. The van der Waals surface area contributed by atoms with Crippen LogP contribution in [0, 0.1) is 5.92 Å². The first-order chi connectivity index (χ1) is 15.0. The summed E-state index contributed by atoms with van der Waals surface area (Å²) in [6.45, 7) is 3.77. The van der Waals surface area contributed by atoms with Gasteiger partial charge in [-0.1, -0.05) is 31.4 Å². The average molecular weight is 450 g/mol. The van der Waals surface area contributed by atoms with Gasteiger partial charge in [-0.3, -0.25) is 9.69 Å². The molecule has 3 fully saturated rings. The largest absolute Gasteiger partial charge is 0.378 e.